The molecule has 10 heteroatoms. The molecular formula is C10H23NO4S4Si. The third-order valence-corrected chi connectivity index (χ3v) is 14.4. The van der Waals surface area contributed by atoms with Crippen molar-refractivity contribution in [3.8, 4) is 0 Å². The molecule has 0 aliphatic heterocycles. The summed E-state index contributed by atoms with van der Waals surface area (Å²) in [6.45, 7) is 10.0. The molecule has 0 amide bonds. The van der Waals surface area contributed by atoms with Crippen molar-refractivity contribution in [1.29, 1.82) is 5.41 Å². The molecule has 0 saturated heterocycles. The fourth-order valence-corrected chi connectivity index (χ4v) is 15.0. The first-order valence-corrected chi connectivity index (χ1v) is 13.7. The lowest BCUT2D eigenvalue weighted by atomic mass is 10.6. The zero-order valence-electron chi connectivity index (χ0n) is 12.3. The average Bonchev–Trinajstić information content (AvgIpc) is 2.40. The van der Waals surface area contributed by atoms with Crippen LogP contribution in [-0.2, 0) is 18.1 Å². The highest BCUT2D eigenvalue weighted by Gasteiger charge is 2.43. The number of hydrogen-bond donors (Lipinski definition) is 1. The Morgan fingerprint density at radius 3 is 1.80 bits per heavy atom. The number of isocyanates is 1. The van der Waals surface area contributed by atoms with Crippen LogP contribution in [0.2, 0.25) is 0 Å². The maximum absolute atomic E-state index is 8.35. The van der Waals surface area contributed by atoms with Crippen LogP contribution in [0, 0.1) is 5.41 Å². The summed E-state index contributed by atoms with van der Waals surface area (Å²) in [6.07, 6.45) is 1.95. The average molecular weight is 378 g/mol. The van der Waals surface area contributed by atoms with E-state index in [4.69, 9.17) is 23.5 Å². The zero-order valence-corrected chi connectivity index (χ0v) is 16.6. The van der Waals surface area contributed by atoms with Crippen LogP contribution in [0.5, 0.6) is 0 Å². The minimum absolute atomic E-state index is 0.631. The Labute approximate surface area is 137 Å². The smallest absolute Gasteiger partial charge is 0.365 e. The SMILES string of the molecule is CCCSSSS[Si](OCC)(OCC)OCC.N=C=O. The summed E-state index contributed by atoms with van der Waals surface area (Å²) in [4.78, 5) is 8.35. The lowest BCUT2D eigenvalue weighted by Crippen LogP contribution is -2.42. The van der Waals surface area contributed by atoms with Crippen molar-refractivity contribution < 1.29 is 18.1 Å². The van der Waals surface area contributed by atoms with E-state index in [9.17, 15) is 0 Å². The third kappa shape index (κ3) is 13.8. The zero-order chi connectivity index (χ0) is 15.7. The quantitative estimate of drug-likeness (QED) is 0.175. The number of rotatable bonds is 12. The Hall–Kier alpha value is 0.877. The first-order valence-electron chi connectivity index (χ1n) is 6.25. The monoisotopic (exact) mass is 377 g/mol. The molecule has 0 aromatic rings. The van der Waals surface area contributed by atoms with Gasteiger partial charge >= 0.3 is 7.95 Å². The van der Waals surface area contributed by atoms with E-state index < -0.39 is 7.95 Å². The molecule has 0 aliphatic carbocycles. The van der Waals surface area contributed by atoms with Crippen LogP contribution in [0.1, 0.15) is 34.1 Å². The molecule has 0 rings (SSSR count). The van der Waals surface area contributed by atoms with Gasteiger partial charge in [0.05, 0.1) is 0 Å². The molecule has 0 aliphatic rings. The molecule has 0 spiro atoms. The molecule has 0 bridgehead atoms. The summed E-state index contributed by atoms with van der Waals surface area (Å²) >= 11 is 0. The van der Waals surface area contributed by atoms with Crippen LogP contribution < -0.4 is 0 Å². The predicted octanol–water partition coefficient (Wildman–Crippen LogP) is 4.52. The van der Waals surface area contributed by atoms with E-state index in [0.29, 0.717) is 19.8 Å². The van der Waals surface area contributed by atoms with Gasteiger partial charge < -0.3 is 13.3 Å². The summed E-state index contributed by atoms with van der Waals surface area (Å²) in [5, 5.41) is 5.40. The second-order valence-corrected chi connectivity index (χ2v) is 13.4. The highest BCUT2D eigenvalue weighted by molar-refractivity contribution is 9.28. The van der Waals surface area contributed by atoms with E-state index in [1.54, 1.807) is 29.9 Å². The van der Waals surface area contributed by atoms with E-state index in [1.165, 1.54) is 12.2 Å². The van der Waals surface area contributed by atoms with Gasteiger partial charge in [0.25, 0.3) is 0 Å². The number of nitrogens with one attached hydrogen (secondary N) is 1. The van der Waals surface area contributed by atoms with Crippen molar-refractivity contribution >= 4 is 54.7 Å². The topological polar surface area (TPSA) is 68.6 Å². The highest BCUT2D eigenvalue weighted by Crippen LogP contribution is 2.48. The third-order valence-electron chi connectivity index (χ3n) is 1.46. The molecule has 0 aromatic carbocycles. The Morgan fingerprint density at radius 2 is 1.45 bits per heavy atom. The Balaban J connectivity index is 0. The molecule has 5 nitrogen and oxygen atoms in total. The molecule has 0 atom stereocenters. The van der Waals surface area contributed by atoms with Gasteiger partial charge in [0.1, 0.15) is 0 Å². The second kappa shape index (κ2) is 17.9. The molecule has 0 radical (unpaired) electrons. The van der Waals surface area contributed by atoms with Crippen molar-refractivity contribution in [2.45, 2.75) is 34.1 Å². The Kier molecular flexibility index (Phi) is 20.7. The fourth-order valence-electron chi connectivity index (χ4n) is 0.920. The normalized spacial score (nSPS) is 10.6. The summed E-state index contributed by atoms with van der Waals surface area (Å²) in [6, 6.07) is 0. The maximum atomic E-state index is 8.35. The van der Waals surface area contributed by atoms with Crippen LogP contribution in [-0.4, -0.2) is 39.6 Å². The van der Waals surface area contributed by atoms with E-state index in [1.807, 2.05) is 31.6 Å². The van der Waals surface area contributed by atoms with Crippen molar-refractivity contribution in [2.24, 2.45) is 0 Å². The minimum Gasteiger partial charge on any atom is -0.365 e. The Morgan fingerprint density at radius 1 is 1.00 bits per heavy atom. The van der Waals surface area contributed by atoms with Gasteiger partial charge in [0, 0.05) is 25.6 Å². The van der Waals surface area contributed by atoms with Gasteiger partial charge in [-0.05, 0) is 57.1 Å². The maximum Gasteiger partial charge on any atom is 0.585 e. The van der Waals surface area contributed by atoms with Crippen molar-refractivity contribution in [2.75, 3.05) is 25.6 Å². The van der Waals surface area contributed by atoms with Crippen LogP contribution in [0.15, 0.2) is 0 Å². The standard InChI is InChI=1S/C9H22O3S4Si.CHNO/c1-5-9-13-14-15-16-17(10-6-2,11-7-3)12-8-4;2-1-3/h5-9H2,1-4H3;2H. The van der Waals surface area contributed by atoms with Crippen LogP contribution in [0.4, 0.5) is 0 Å². The fraction of sp³-hybridized carbons (Fsp3) is 0.900. The summed E-state index contributed by atoms with van der Waals surface area (Å²) in [5.74, 6) is 1.17. The van der Waals surface area contributed by atoms with Gasteiger partial charge in [0.15, 0.2) is 0 Å². The number of hydrogen-bond acceptors (Lipinski definition) is 9. The lowest BCUT2D eigenvalue weighted by Gasteiger charge is -2.25. The van der Waals surface area contributed by atoms with Crippen LogP contribution in [0.3, 0.4) is 0 Å². The van der Waals surface area contributed by atoms with E-state index in [0.717, 1.165) is 6.08 Å². The first kappa shape index (κ1) is 23.1. The molecule has 0 fully saturated rings. The molecule has 0 unspecified atom stereocenters. The van der Waals surface area contributed by atoms with E-state index >= 15 is 0 Å². The largest absolute Gasteiger partial charge is 0.585 e. The van der Waals surface area contributed by atoms with Gasteiger partial charge in [-0.2, -0.15) is 0 Å². The van der Waals surface area contributed by atoms with Crippen molar-refractivity contribution in [1.82, 2.24) is 0 Å². The highest BCUT2D eigenvalue weighted by atomic mass is 33.7. The van der Waals surface area contributed by atoms with Crippen LogP contribution >= 0.6 is 40.7 Å². The summed E-state index contributed by atoms with van der Waals surface area (Å²) < 4.78 is 17.2. The van der Waals surface area contributed by atoms with Gasteiger partial charge in [-0.3, -0.25) is 0 Å². The second-order valence-electron chi connectivity index (χ2n) is 2.94. The molecule has 1 N–H and O–H groups in total. The van der Waals surface area contributed by atoms with E-state index in [-0.39, 0.29) is 0 Å². The molecule has 120 valence electrons. The van der Waals surface area contributed by atoms with Gasteiger partial charge in [0.2, 0.25) is 6.08 Å². The molecule has 0 saturated carbocycles. The minimum atomic E-state index is -2.51. The van der Waals surface area contributed by atoms with Gasteiger partial charge in [-0.1, -0.05) is 17.7 Å². The van der Waals surface area contributed by atoms with Gasteiger partial charge in [-0.25, -0.2) is 10.2 Å². The summed E-state index contributed by atoms with van der Waals surface area (Å²) in [7, 11) is 4.45. The molecule has 20 heavy (non-hydrogen) atoms. The summed E-state index contributed by atoms with van der Waals surface area (Å²) in [5.41, 5.74) is 0. The van der Waals surface area contributed by atoms with E-state index in [2.05, 4.69) is 6.92 Å². The molecular weight excluding hydrogens is 354 g/mol. The molecule has 0 aromatic heterocycles. The van der Waals surface area contributed by atoms with Crippen molar-refractivity contribution in [3.05, 3.63) is 0 Å². The first-order chi connectivity index (χ1) is 9.66. The van der Waals surface area contributed by atoms with Gasteiger partial charge in [-0.15, -0.1) is 0 Å². The predicted molar refractivity (Wildman–Crippen MR) is 94.6 cm³/mol. The van der Waals surface area contributed by atoms with Crippen molar-refractivity contribution in [3.63, 3.8) is 0 Å². The molecule has 0 heterocycles. The number of carbonyl (C=O) groups excluding carboxylic acids is 1. The lowest BCUT2D eigenvalue weighted by molar-refractivity contribution is 0.0971. The van der Waals surface area contributed by atoms with Crippen LogP contribution in [0.25, 0.3) is 0 Å². The Bertz CT molecular complexity index is 228.